The van der Waals surface area contributed by atoms with Crippen LogP contribution >= 0.6 is 0 Å². The minimum Gasteiger partial charge on any atom is -0.481 e. The first-order chi connectivity index (χ1) is 11.0. The fraction of sp³-hybridized carbons (Fsp3) is 0.706. The fourth-order valence-electron chi connectivity index (χ4n) is 2.25. The molecule has 4 N–H and O–H groups in total. The molecule has 138 valence electrons. The Labute approximate surface area is 142 Å². The number of carboxylic acid groups (broad SMARTS) is 1. The maximum Gasteiger partial charge on any atom is 0.308 e. The van der Waals surface area contributed by atoms with Gasteiger partial charge in [0, 0.05) is 5.92 Å². The molecule has 5 atom stereocenters. The van der Waals surface area contributed by atoms with Gasteiger partial charge in [0.05, 0.1) is 30.6 Å². The highest BCUT2D eigenvalue weighted by Gasteiger charge is 2.31. The lowest BCUT2D eigenvalue weighted by atomic mass is 9.90. The summed E-state index contributed by atoms with van der Waals surface area (Å²) in [6.45, 7) is 7.63. The van der Waals surface area contributed by atoms with E-state index in [9.17, 15) is 24.6 Å². The minimum atomic E-state index is -1.33. The molecule has 0 saturated heterocycles. The van der Waals surface area contributed by atoms with Crippen molar-refractivity contribution >= 4 is 17.7 Å². The van der Waals surface area contributed by atoms with Crippen LogP contribution in [0.5, 0.6) is 0 Å². The summed E-state index contributed by atoms with van der Waals surface area (Å²) >= 11 is 0. The molecule has 0 aliphatic carbocycles. The van der Waals surface area contributed by atoms with E-state index in [0.29, 0.717) is 5.57 Å². The van der Waals surface area contributed by atoms with Crippen molar-refractivity contribution in [2.24, 2.45) is 17.8 Å². The summed E-state index contributed by atoms with van der Waals surface area (Å²) < 4.78 is 0. The molecule has 0 radical (unpaired) electrons. The van der Waals surface area contributed by atoms with Crippen LogP contribution in [-0.4, -0.2) is 51.7 Å². The van der Waals surface area contributed by atoms with Crippen molar-refractivity contribution in [2.45, 2.75) is 53.2 Å². The summed E-state index contributed by atoms with van der Waals surface area (Å²) in [5.41, 5.74) is 0.686. The summed E-state index contributed by atoms with van der Waals surface area (Å²) in [5.74, 6) is -4.86. The van der Waals surface area contributed by atoms with Crippen molar-refractivity contribution in [1.29, 1.82) is 0 Å². The molecule has 0 heterocycles. The first-order valence-corrected chi connectivity index (χ1v) is 8.10. The number of carbonyl (C=O) groups excluding carboxylic acids is 2. The van der Waals surface area contributed by atoms with E-state index in [1.165, 1.54) is 13.8 Å². The third kappa shape index (κ3) is 6.41. The number of nitrogens with one attached hydrogen (secondary N) is 1. The number of hydrogen-bond acceptors (Lipinski definition) is 5. The summed E-state index contributed by atoms with van der Waals surface area (Å²) in [7, 11) is 0. The second-order valence-corrected chi connectivity index (χ2v) is 6.18. The molecule has 1 amide bonds. The highest BCUT2D eigenvalue weighted by atomic mass is 16.4. The van der Waals surface area contributed by atoms with Crippen LogP contribution < -0.4 is 5.32 Å². The maximum absolute atomic E-state index is 12.0. The van der Waals surface area contributed by atoms with E-state index in [-0.39, 0.29) is 6.54 Å². The number of carboxylic acids is 1. The molecule has 7 nitrogen and oxygen atoms in total. The molecule has 0 unspecified atom stereocenters. The number of allylic oxidation sites excluding steroid dienone is 1. The average molecular weight is 343 g/mol. The number of amides is 1. The summed E-state index contributed by atoms with van der Waals surface area (Å²) in [4.78, 5) is 34.9. The van der Waals surface area contributed by atoms with Crippen LogP contribution in [0.3, 0.4) is 0 Å². The van der Waals surface area contributed by atoms with E-state index in [1.54, 1.807) is 13.8 Å². The molecule has 24 heavy (non-hydrogen) atoms. The third-order valence-corrected chi connectivity index (χ3v) is 4.24. The van der Waals surface area contributed by atoms with E-state index >= 15 is 0 Å². The van der Waals surface area contributed by atoms with Crippen LogP contribution in [0.15, 0.2) is 11.6 Å². The molecule has 0 saturated carbocycles. The van der Waals surface area contributed by atoms with Gasteiger partial charge in [-0.3, -0.25) is 14.4 Å². The quantitative estimate of drug-likeness (QED) is 0.434. The molecular weight excluding hydrogens is 314 g/mol. The second kappa shape index (κ2) is 10.2. The van der Waals surface area contributed by atoms with Crippen molar-refractivity contribution in [2.75, 3.05) is 6.54 Å². The Kier molecular flexibility index (Phi) is 9.47. The molecule has 0 aromatic heterocycles. The molecule has 7 heteroatoms. The molecule has 0 rings (SSSR count). The van der Waals surface area contributed by atoms with Crippen LogP contribution in [0.2, 0.25) is 0 Å². The lowest BCUT2D eigenvalue weighted by Crippen LogP contribution is -2.43. The van der Waals surface area contributed by atoms with Gasteiger partial charge >= 0.3 is 5.97 Å². The molecule has 0 fully saturated rings. The van der Waals surface area contributed by atoms with Gasteiger partial charge in [0.25, 0.3) is 0 Å². The van der Waals surface area contributed by atoms with Gasteiger partial charge in [-0.15, -0.1) is 0 Å². The lowest BCUT2D eigenvalue weighted by Gasteiger charge is -2.22. The zero-order chi connectivity index (χ0) is 19.0. The number of hydrogen-bond donors (Lipinski definition) is 4. The predicted molar refractivity (Wildman–Crippen MR) is 89.2 cm³/mol. The third-order valence-electron chi connectivity index (χ3n) is 4.24. The highest BCUT2D eigenvalue weighted by molar-refractivity contribution is 5.89. The van der Waals surface area contributed by atoms with E-state index in [4.69, 9.17) is 5.11 Å². The van der Waals surface area contributed by atoms with E-state index < -0.39 is 47.6 Å². The van der Waals surface area contributed by atoms with Crippen LogP contribution in [0.1, 0.15) is 41.0 Å². The van der Waals surface area contributed by atoms with Gasteiger partial charge in [-0.1, -0.05) is 26.8 Å². The number of ketones is 1. The van der Waals surface area contributed by atoms with Crippen molar-refractivity contribution in [3.05, 3.63) is 11.6 Å². The first-order valence-electron chi connectivity index (χ1n) is 8.10. The Morgan fingerprint density at radius 3 is 2.04 bits per heavy atom. The minimum absolute atomic E-state index is 0.322. The normalized spacial score (nSPS) is 18.2. The summed E-state index contributed by atoms with van der Waals surface area (Å²) in [5, 5.41) is 31.2. The van der Waals surface area contributed by atoms with Crippen molar-refractivity contribution in [1.82, 2.24) is 5.32 Å². The van der Waals surface area contributed by atoms with E-state index in [0.717, 1.165) is 6.42 Å². The lowest BCUT2D eigenvalue weighted by molar-refractivity contribution is -0.147. The Balaban J connectivity index is 4.62. The predicted octanol–water partition coefficient (Wildman–Crippen LogP) is 0.743. The van der Waals surface area contributed by atoms with Crippen LogP contribution in [0.4, 0.5) is 0 Å². The zero-order valence-corrected chi connectivity index (χ0v) is 14.9. The number of aliphatic carboxylic acids is 1. The first kappa shape index (κ1) is 22.3. The van der Waals surface area contributed by atoms with Crippen LogP contribution in [-0.2, 0) is 14.4 Å². The molecule has 0 bridgehead atoms. The zero-order valence-electron chi connectivity index (χ0n) is 14.9. The van der Waals surface area contributed by atoms with Crippen molar-refractivity contribution < 1.29 is 29.7 Å². The molecular formula is C17H29NO6. The summed E-state index contributed by atoms with van der Waals surface area (Å²) in [6.07, 6.45) is 0.304. The number of rotatable bonds is 10. The molecule has 0 aliphatic rings. The fourth-order valence-corrected chi connectivity index (χ4v) is 2.25. The molecule has 0 aromatic carbocycles. The maximum atomic E-state index is 12.0. The number of aliphatic hydroxyl groups is 2. The van der Waals surface area contributed by atoms with Crippen LogP contribution in [0, 0.1) is 17.8 Å². The smallest absolute Gasteiger partial charge is 0.308 e. The van der Waals surface area contributed by atoms with Crippen molar-refractivity contribution in [3.8, 4) is 0 Å². The van der Waals surface area contributed by atoms with E-state index in [1.807, 2.05) is 13.0 Å². The van der Waals surface area contributed by atoms with E-state index in [2.05, 4.69) is 5.32 Å². The van der Waals surface area contributed by atoms with Gasteiger partial charge in [0.15, 0.2) is 5.78 Å². The summed E-state index contributed by atoms with van der Waals surface area (Å²) in [6, 6.07) is 0. The second-order valence-electron chi connectivity index (χ2n) is 6.18. The van der Waals surface area contributed by atoms with Crippen LogP contribution in [0.25, 0.3) is 0 Å². The Morgan fingerprint density at radius 2 is 1.58 bits per heavy atom. The number of aliphatic hydroxyl groups excluding tert-OH is 2. The standard InChI is InChI=1S/C17H29NO6/c1-6-7-9(2)14(20)11(4)16(22)18-8-13(19)10(3)15(21)12(5)17(23)24/h7,10-12,14-15,20-21H,6,8H2,1-5H3,(H,18,22)(H,23,24)/b9-7+/t10-,11-,12-,14+,15+/m1/s1. The molecule has 0 aromatic rings. The highest BCUT2D eigenvalue weighted by Crippen LogP contribution is 2.15. The number of Topliss-reactive ketones (excluding diaryl/α,β-unsaturated/α-hetero) is 1. The Bertz CT molecular complexity index is 487. The monoisotopic (exact) mass is 343 g/mol. The average Bonchev–Trinajstić information content (AvgIpc) is 2.55. The molecule has 0 aliphatic heterocycles. The topological polar surface area (TPSA) is 124 Å². The van der Waals surface area contributed by atoms with Gasteiger partial charge in [-0.05, 0) is 25.8 Å². The van der Waals surface area contributed by atoms with Gasteiger partial charge in [-0.25, -0.2) is 0 Å². The number of carbonyl (C=O) groups is 3. The van der Waals surface area contributed by atoms with Gasteiger partial charge in [-0.2, -0.15) is 0 Å². The Morgan fingerprint density at radius 1 is 1.04 bits per heavy atom. The van der Waals surface area contributed by atoms with Gasteiger partial charge < -0.3 is 20.6 Å². The SMILES string of the molecule is CC/C=C(\C)[C@H](O)[C@@H](C)C(=O)NCC(=O)[C@@H](C)[C@H](O)[C@@H](C)C(=O)O. The molecule has 0 spiro atoms. The Hall–Kier alpha value is -1.73. The van der Waals surface area contributed by atoms with Gasteiger partial charge in [0.2, 0.25) is 5.91 Å². The van der Waals surface area contributed by atoms with Crippen molar-refractivity contribution in [3.63, 3.8) is 0 Å². The van der Waals surface area contributed by atoms with Gasteiger partial charge in [0.1, 0.15) is 0 Å². The largest absolute Gasteiger partial charge is 0.481 e.